The van der Waals surface area contributed by atoms with Crippen molar-refractivity contribution in [1.82, 2.24) is 0 Å². The molecule has 0 amide bonds. The molecule has 0 heterocycles. The fourth-order valence-corrected chi connectivity index (χ4v) is 2.74. The Morgan fingerprint density at radius 3 is 2.40 bits per heavy atom. The molecule has 1 rings (SSSR count). The van der Waals surface area contributed by atoms with E-state index in [1.165, 1.54) is 0 Å². The van der Waals surface area contributed by atoms with Crippen LogP contribution in [0.25, 0.3) is 0 Å². The summed E-state index contributed by atoms with van der Waals surface area (Å²) in [6.07, 6.45) is 0.884. The van der Waals surface area contributed by atoms with E-state index in [0.717, 1.165) is 25.7 Å². The highest BCUT2D eigenvalue weighted by molar-refractivity contribution is 5.73. The number of unbranched alkanes of at least 4 members (excludes halogenated alkanes) is 1. The van der Waals surface area contributed by atoms with Gasteiger partial charge >= 0.3 is 12.1 Å². The number of hydrogen-bond acceptors (Lipinski definition) is 3. The summed E-state index contributed by atoms with van der Waals surface area (Å²) in [5.41, 5.74) is 5.31. The molecular formula is C14H24F3NO2. The van der Waals surface area contributed by atoms with Gasteiger partial charge in [-0.25, -0.2) is 0 Å². The summed E-state index contributed by atoms with van der Waals surface area (Å²) >= 11 is 0. The Kier molecular flexibility index (Phi) is 6.79. The van der Waals surface area contributed by atoms with Crippen LogP contribution in [0.1, 0.15) is 51.9 Å². The first kappa shape index (κ1) is 17.3. The smallest absolute Gasteiger partial charge is 0.404 e. The van der Waals surface area contributed by atoms with E-state index >= 15 is 0 Å². The van der Waals surface area contributed by atoms with Crippen LogP contribution in [0.4, 0.5) is 13.2 Å². The fraction of sp³-hybridized carbons (Fsp3) is 0.929. The summed E-state index contributed by atoms with van der Waals surface area (Å²) in [4.78, 5) is 12.0. The number of alkyl halides is 3. The van der Waals surface area contributed by atoms with Crippen LogP contribution < -0.4 is 5.73 Å². The maximum Gasteiger partial charge on any atom is 0.404 e. The molecule has 20 heavy (non-hydrogen) atoms. The van der Waals surface area contributed by atoms with Crippen molar-refractivity contribution < 1.29 is 22.7 Å². The molecule has 0 bridgehead atoms. The Balaban J connectivity index is 2.74. The highest BCUT2D eigenvalue weighted by Crippen LogP contribution is 2.36. The van der Waals surface area contributed by atoms with E-state index in [9.17, 15) is 18.0 Å². The van der Waals surface area contributed by atoms with Gasteiger partial charge in [0.25, 0.3) is 0 Å². The van der Waals surface area contributed by atoms with Crippen molar-refractivity contribution in [2.45, 2.75) is 64.1 Å². The Morgan fingerprint density at radius 2 is 1.90 bits per heavy atom. The van der Waals surface area contributed by atoms with Crippen molar-refractivity contribution in [3.8, 4) is 0 Å². The van der Waals surface area contributed by atoms with E-state index in [2.05, 4.69) is 0 Å². The molecule has 1 aliphatic rings. The van der Waals surface area contributed by atoms with Crippen LogP contribution in [0.3, 0.4) is 0 Å². The number of hydrogen-bond donors (Lipinski definition) is 1. The SMILES string of the molecule is CCCCOC(=O)[C@@H](C1CCCCC1)[C@H](N)C(F)(F)F. The number of esters is 1. The second-order valence-corrected chi connectivity index (χ2v) is 5.51. The zero-order valence-corrected chi connectivity index (χ0v) is 11.9. The van der Waals surface area contributed by atoms with Gasteiger partial charge in [0.1, 0.15) is 6.04 Å². The lowest BCUT2D eigenvalue weighted by Gasteiger charge is -2.33. The topological polar surface area (TPSA) is 52.3 Å². The van der Waals surface area contributed by atoms with Crippen molar-refractivity contribution in [1.29, 1.82) is 0 Å². The van der Waals surface area contributed by atoms with Gasteiger partial charge in [-0.15, -0.1) is 0 Å². The molecule has 2 N–H and O–H groups in total. The number of carbonyl (C=O) groups excluding carboxylic acids is 1. The standard InChI is InChI=1S/C14H24F3NO2/c1-2-3-9-20-13(19)11(12(18)14(15,16)17)10-7-5-4-6-8-10/h10-12H,2-9,18H2,1H3/t11-,12-/m0/s1. The van der Waals surface area contributed by atoms with Gasteiger partial charge in [-0.3, -0.25) is 4.79 Å². The van der Waals surface area contributed by atoms with E-state index in [1.54, 1.807) is 0 Å². The van der Waals surface area contributed by atoms with Crippen molar-refractivity contribution in [2.24, 2.45) is 17.6 Å². The molecule has 1 aliphatic carbocycles. The normalized spacial score (nSPS) is 20.4. The molecule has 0 aliphatic heterocycles. The van der Waals surface area contributed by atoms with E-state index in [4.69, 9.17) is 10.5 Å². The lowest BCUT2D eigenvalue weighted by molar-refractivity contribution is -0.182. The zero-order chi connectivity index (χ0) is 15.2. The number of ether oxygens (including phenoxy) is 1. The highest BCUT2D eigenvalue weighted by Gasteiger charge is 2.48. The van der Waals surface area contributed by atoms with Gasteiger partial charge in [0.05, 0.1) is 12.5 Å². The van der Waals surface area contributed by atoms with Gasteiger partial charge in [0, 0.05) is 0 Å². The maximum atomic E-state index is 12.9. The van der Waals surface area contributed by atoms with Crippen LogP contribution in [0.15, 0.2) is 0 Å². The number of halogens is 3. The zero-order valence-electron chi connectivity index (χ0n) is 11.9. The third-order valence-electron chi connectivity index (χ3n) is 3.94. The molecule has 3 nitrogen and oxygen atoms in total. The lowest BCUT2D eigenvalue weighted by Crippen LogP contribution is -2.50. The van der Waals surface area contributed by atoms with Crippen LogP contribution in [0.2, 0.25) is 0 Å². The minimum absolute atomic E-state index is 0.170. The summed E-state index contributed by atoms with van der Waals surface area (Å²) in [7, 11) is 0. The Hall–Kier alpha value is -0.780. The molecule has 0 unspecified atom stereocenters. The molecule has 6 heteroatoms. The third kappa shape index (κ3) is 4.96. The van der Waals surface area contributed by atoms with Crippen LogP contribution in [-0.4, -0.2) is 24.8 Å². The van der Waals surface area contributed by atoms with Gasteiger partial charge < -0.3 is 10.5 Å². The molecule has 0 spiro atoms. The molecule has 1 saturated carbocycles. The quantitative estimate of drug-likeness (QED) is 0.603. The molecule has 0 aromatic carbocycles. The fourth-order valence-electron chi connectivity index (χ4n) is 2.74. The molecule has 0 aromatic rings. The van der Waals surface area contributed by atoms with Crippen molar-refractivity contribution in [3.63, 3.8) is 0 Å². The predicted octanol–water partition coefficient (Wildman–Crippen LogP) is 3.42. The summed E-state index contributed by atoms with van der Waals surface area (Å²) in [5.74, 6) is -2.35. The van der Waals surface area contributed by atoms with Gasteiger partial charge in [-0.2, -0.15) is 13.2 Å². The largest absolute Gasteiger partial charge is 0.465 e. The van der Waals surface area contributed by atoms with Crippen LogP contribution in [0, 0.1) is 11.8 Å². The van der Waals surface area contributed by atoms with Crippen molar-refractivity contribution in [2.75, 3.05) is 6.61 Å². The number of nitrogens with two attached hydrogens (primary N) is 1. The van der Waals surface area contributed by atoms with Crippen LogP contribution in [-0.2, 0) is 9.53 Å². The average Bonchev–Trinajstić information content (AvgIpc) is 2.39. The Labute approximate surface area is 118 Å². The summed E-state index contributed by atoms with van der Waals surface area (Å²) in [6, 6.07) is -2.13. The predicted molar refractivity (Wildman–Crippen MR) is 70.0 cm³/mol. The second kappa shape index (κ2) is 7.86. The molecule has 0 saturated heterocycles. The Bertz CT molecular complexity index is 301. The van der Waals surface area contributed by atoms with Crippen LogP contribution >= 0.6 is 0 Å². The number of rotatable bonds is 6. The monoisotopic (exact) mass is 295 g/mol. The number of carbonyl (C=O) groups is 1. The Morgan fingerprint density at radius 1 is 1.30 bits per heavy atom. The molecule has 118 valence electrons. The van der Waals surface area contributed by atoms with Gasteiger partial charge in [-0.1, -0.05) is 32.6 Å². The summed E-state index contributed by atoms with van der Waals surface area (Å²) in [5, 5.41) is 0. The van der Waals surface area contributed by atoms with E-state index < -0.39 is 24.1 Å². The molecule has 0 aromatic heterocycles. The van der Waals surface area contributed by atoms with Crippen molar-refractivity contribution in [3.05, 3.63) is 0 Å². The highest BCUT2D eigenvalue weighted by atomic mass is 19.4. The van der Waals surface area contributed by atoms with E-state index in [0.29, 0.717) is 19.3 Å². The molecular weight excluding hydrogens is 271 g/mol. The summed E-state index contributed by atoms with van der Waals surface area (Å²) < 4.78 is 43.6. The first-order valence-corrected chi connectivity index (χ1v) is 7.36. The first-order chi connectivity index (χ1) is 9.38. The van der Waals surface area contributed by atoms with Crippen LogP contribution in [0.5, 0.6) is 0 Å². The lowest BCUT2D eigenvalue weighted by atomic mass is 9.76. The third-order valence-corrected chi connectivity index (χ3v) is 3.94. The maximum absolute atomic E-state index is 12.9. The second-order valence-electron chi connectivity index (χ2n) is 5.51. The van der Waals surface area contributed by atoms with E-state index in [1.807, 2.05) is 6.92 Å². The van der Waals surface area contributed by atoms with Gasteiger partial charge in [0.15, 0.2) is 0 Å². The van der Waals surface area contributed by atoms with E-state index in [-0.39, 0.29) is 12.5 Å². The minimum atomic E-state index is -4.56. The average molecular weight is 295 g/mol. The van der Waals surface area contributed by atoms with Gasteiger partial charge in [-0.05, 0) is 25.2 Å². The molecule has 1 fully saturated rings. The minimum Gasteiger partial charge on any atom is -0.465 e. The molecule has 0 radical (unpaired) electrons. The van der Waals surface area contributed by atoms with Gasteiger partial charge in [0.2, 0.25) is 0 Å². The molecule has 2 atom stereocenters. The van der Waals surface area contributed by atoms with Crippen molar-refractivity contribution >= 4 is 5.97 Å². The first-order valence-electron chi connectivity index (χ1n) is 7.36. The summed E-state index contributed by atoms with van der Waals surface area (Å²) in [6.45, 7) is 2.09.